The topological polar surface area (TPSA) is 22.0 Å². The first-order valence-electron chi connectivity index (χ1n) is 6.18. The second-order valence-corrected chi connectivity index (χ2v) is 4.30. The zero-order chi connectivity index (χ0) is 13.1. The van der Waals surface area contributed by atoms with E-state index in [-0.39, 0.29) is 0 Å². The Kier molecular flexibility index (Phi) is 2.99. The molecule has 3 rings (SSSR count). The molecule has 2 heteroatoms. The van der Waals surface area contributed by atoms with Gasteiger partial charge in [0.15, 0.2) is 6.29 Å². The van der Waals surface area contributed by atoms with Crippen LogP contribution < -0.4 is 0 Å². The van der Waals surface area contributed by atoms with Gasteiger partial charge in [0.1, 0.15) is 0 Å². The van der Waals surface area contributed by atoms with Gasteiger partial charge in [0.05, 0.1) is 11.4 Å². The number of aldehydes is 1. The highest BCUT2D eigenvalue weighted by atomic mass is 16.1. The summed E-state index contributed by atoms with van der Waals surface area (Å²) in [7, 11) is 0. The molecular formula is C17H13NO. The van der Waals surface area contributed by atoms with Gasteiger partial charge in [-0.15, -0.1) is 0 Å². The van der Waals surface area contributed by atoms with Gasteiger partial charge in [-0.3, -0.25) is 4.79 Å². The average Bonchev–Trinajstić information content (AvgIpc) is 2.93. The fourth-order valence-corrected chi connectivity index (χ4v) is 2.24. The molecule has 19 heavy (non-hydrogen) atoms. The quantitative estimate of drug-likeness (QED) is 0.642. The van der Waals surface area contributed by atoms with E-state index < -0.39 is 0 Å². The summed E-state index contributed by atoms with van der Waals surface area (Å²) >= 11 is 0. The molecule has 0 atom stereocenters. The van der Waals surface area contributed by atoms with E-state index in [4.69, 9.17) is 0 Å². The Morgan fingerprint density at radius 1 is 0.737 bits per heavy atom. The van der Waals surface area contributed by atoms with Crippen molar-refractivity contribution < 1.29 is 4.79 Å². The Hall–Kier alpha value is -2.61. The van der Waals surface area contributed by atoms with Crippen LogP contribution in [0.1, 0.15) is 10.5 Å². The standard InChI is InChI=1S/C17H13NO/c19-13-16-11-12-17(14-7-3-1-4-8-14)18(16)15-9-5-2-6-10-15/h1-13H. The molecule has 0 amide bonds. The van der Waals surface area contributed by atoms with E-state index in [0.29, 0.717) is 5.69 Å². The number of rotatable bonds is 3. The summed E-state index contributed by atoms with van der Waals surface area (Å²) in [5, 5.41) is 0. The van der Waals surface area contributed by atoms with Crippen LogP contribution in [-0.4, -0.2) is 10.9 Å². The van der Waals surface area contributed by atoms with Gasteiger partial charge in [0.25, 0.3) is 0 Å². The summed E-state index contributed by atoms with van der Waals surface area (Å²) in [6.07, 6.45) is 0.888. The lowest BCUT2D eigenvalue weighted by molar-refractivity contribution is 0.111. The summed E-state index contributed by atoms with van der Waals surface area (Å²) in [4.78, 5) is 11.2. The van der Waals surface area contributed by atoms with Crippen LogP contribution in [0.4, 0.5) is 0 Å². The first-order valence-corrected chi connectivity index (χ1v) is 6.18. The molecule has 0 radical (unpaired) electrons. The molecule has 0 saturated carbocycles. The number of para-hydroxylation sites is 1. The lowest BCUT2D eigenvalue weighted by Gasteiger charge is -2.11. The molecule has 1 aromatic heterocycles. The molecule has 0 unspecified atom stereocenters. The Morgan fingerprint density at radius 2 is 1.37 bits per heavy atom. The number of aromatic nitrogens is 1. The van der Waals surface area contributed by atoms with Crippen molar-refractivity contribution in [2.24, 2.45) is 0 Å². The minimum absolute atomic E-state index is 0.657. The van der Waals surface area contributed by atoms with E-state index in [0.717, 1.165) is 23.2 Å². The minimum Gasteiger partial charge on any atom is -0.307 e. The fourth-order valence-electron chi connectivity index (χ4n) is 2.24. The van der Waals surface area contributed by atoms with Crippen LogP contribution in [0.2, 0.25) is 0 Å². The Balaban J connectivity index is 2.23. The van der Waals surface area contributed by atoms with Gasteiger partial charge < -0.3 is 4.57 Å². The van der Waals surface area contributed by atoms with E-state index in [9.17, 15) is 4.79 Å². The van der Waals surface area contributed by atoms with Crippen LogP contribution in [-0.2, 0) is 0 Å². The van der Waals surface area contributed by atoms with E-state index in [1.807, 2.05) is 77.4 Å². The molecule has 0 bridgehead atoms. The smallest absolute Gasteiger partial charge is 0.166 e. The minimum atomic E-state index is 0.657. The maximum atomic E-state index is 11.2. The van der Waals surface area contributed by atoms with Crippen LogP contribution in [0.15, 0.2) is 72.8 Å². The van der Waals surface area contributed by atoms with Crippen molar-refractivity contribution in [3.05, 3.63) is 78.5 Å². The van der Waals surface area contributed by atoms with Crippen LogP contribution >= 0.6 is 0 Å². The molecule has 0 spiro atoms. The number of hydrogen-bond donors (Lipinski definition) is 0. The van der Waals surface area contributed by atoms with Crippen molar-refractivity contribution in [3.8, 4) is 16.9 Å². The third kappa shape index (κ3) is 2.08. The third-order valence-corrected chi connectivity index (χ3v) is 3.12. The highest BCUT2D eigenvalue weighted by molar-refractivity contribution is 5.78. The van der Waals surface area contributed by atoms with E-state index in [1.165, 1.54) is 0 Å². The molecular weight excluding hydrogens is 234 g/mol. The summed E-state index contributed by atoms with van der Waals surface area (Å²) in [5.41, 5.74) is 3.77. The Morgan fingerprint density at radius 3 is 2.00 bits per heavy atom. The normalized spacial score (nSPS) is 10.3. The van der Waals surface area contributed by atoms with Crippen LogP contribution in [0, 0.1) is 0 Å². The number of nitrogens with zero attached hydrogens (tertiary/aromatic N) is 1. The molecule has 2 aromatic carbocycles. The predicted molar refractivity (Wildman–Crippen MR) is 76.6 cm³/mol. The van der Waals surface area contributed by atoms with Crippen molar-refractivity contribution in [1.29, 1.82) is 0 Å². The molecule has 0 aliphatic carbocycles. The van der Waals surface area contributed by atoms with E-state index >= 15 is 0 Å². The van der Waals surface area contributed by atoms with Gasteiger partial charge in [-0.25, -0.2) is 0 Å². The Labute approximate surface area is 111 Å². The molecule has 92 valence electrons. The monoisotopic (exact) mass is 247 g/mol. The van der Waals surface area contributed by atoms with Gasteiger partial charge in [-0.1, -0.05) is 48.5 Å². The second kappa shape index (κ2) is 4.94. The van der Waals surface area contributed by atoms with Gasteiger partial charge in [-0.05, 0) is 29.8 Å². The van der Waals surface area contributed by atoms with Crippen molar-refractivity contribution in [3.63, 3.8) is 0 Å². The van der Waals surface area contributed by atoms with Crippen molar-refractivity contribution in [1.82, 2.24) is 4.57 Å². The average molecular weight is 247 g/mol. The van der Waals surface area contributed by atoms with Crippen LogP contribution in [0.3, 0.4) is 0 Å². The van der Waals surface area contributed by atoms with Crippen molar-refractivity contribution in [2.45, 2.75) is 0 Å². The highest BCUT2D eigenvalue weighted by Gasteiger charge is 2.10. The zero-order valence-electron chi connectivity index (χ0n) is 10.4. The van der Waals surface area contributed by atoms with E-state index in [1.54, 1.807) is 0 Å². The molecule has 0 saturated heterocycles. The first kappa shape index (κ1) is 11.5. The molecule has 0 aliphatic rings. The number of benzene rings is 2. The van der Waals surface area contributed by atoms with Crippen LogP contribution in [0.25, 0.3) is 16.9 Å². The third-order valence-electron chi connectivity index (χ3n) is 3.12. The van der Waals surface area contributed by atoms with Crippen molar-refractivity contribution in [2.75, 3.05) is 0 Å². The summed E-state index contributed by atoms with van der Waals surface area (Å²) in [5.74, 6) is 0. The van der Waals surface area contributed by atoms with Gasteiger partial charge in [-0.2, -0.15) is 0 Å². The molecule has 2 nitrogen and oxygen atoms in total. The maximum Gasteiger partial charge on any atom is 0.166 e. The van der Waals surface area contributed by atoms with Gasteiger partial charge in [0.2, 0.25) is 0 Å². The lowest BCUT2D eigenvalue weighted by Crippen LogP contribution is -2.00. The van der Waals surface area contributed by atoms with E-state index in [2.05, 4.69) is 0 Å². The zero-order valence-corrected chi connectivity index (χ0v) is 10.4. The SMILES string of the molecule is O=Cc1ccc(-c2ccccc2)n1-c1ccccc1. The highest BCUT2D eigenvalue weighted by Crippen LogP contribution is 2.25. The molecule has 0 fully saturated rings. The lowest BCUT2D eigenvalue weighted by atomic mass is 10.1. The summed E-state index contributed by atoms with van der Waals surface area (Å²) in [6.45, 7) is 0. The second-order valence-electron chi connectivity index (χ2n) is 4.30. The fraction of sp³-hybridized carbons (Fsp3) is 0. The number of carbonyl (C=O) groups excluding carboxylic acids is 1. The first-order chi connectivity index (χ1) is 9.40. The predicted octanol–water partition coefficient (Wildman–Crippen LogP) is 3.96. The summed E-state index contributed by atoms with van der Waals surface area (Å²) in [6, 6.07) is 23.8. The summed E-state index contributed by atoms with van der Waals surface area (Å²) < 4.78 is 1.97. The van der Waals surface area contributed by atoms with Crippen LogP contribution in [0.5, 0.6) is 0 Å². The maximum absolute atomic E-state index is 11.2. The largest absolute Gasteiger partial charge is 0.307 e. The van der Waals surface area contributed by atoms with Gasteiger partial charge >= 0.3 is 0 Å². The van der Waals surface area contributed by atoms with Crippen molar-refractivity contribution >= 4 is 6.29 Å². The Bertz CT molecular complexity index is 684. The molecule has 0 N–H and O–H groups in total. The molecule has 1 heterocycles. The number of hydrogen-bond acceptors (Lipinski definition) is 1. The number of carbonyl (C=O) groups is 1. The van der Waals surface area contributed by atoms with Gasteiger partial charge in [0, 0.05) is 5.69 Å². The molecule has 0 aliphatic heterocycles. The molecule has 3 aromatic rings.